The molecule has 0 amide bonds. The number of halogens is 1. The van der Waals surface area contributed by atoms with Gasteiger partial charge in [0.05, 0.1) is 0 Å². The first kappa shape index (κ1) is 12.8. The van der Waals surface area contributed by atoms with Crippen LogP contribution in [0, 0.1) is 0 Å². The molecule has 2 N–H and O–H groups in total. The highest BCUT2D eigenvalue weighted by Crippen LogP contribution is 2.27. The molecule has 0 aliphatic heterocycles. The quantitative estimate of drug-likeness (QED) is 0.787. The van der Waals surface area contributed by atoms with Crippen LogP contribution in [0.4, 0.5) is 0 Å². The molecule has 0 saturated carbocycles. The van der Waals surface area contributed by atoms with E-state index < -0.39 is 0 Å². The van der Waals surface area contributed by atoms with Crippen molar-refractivity contribution in [3.8, 4) is 11.1 Å². The van der Waals surface area contributed by atoms with Gasteiger partial charge in [-0.1, -0.05) is 24.3 Å². The van der Waals surface area contributed by atoms with E-state index in [0.717, 1.165) is 26.2 Å². The summed E-state index contributed by atoms with van der Waals surface area (Å²) in [5.41, 5.74) is 8.85. The fourth-order valence-electron chi connectivity index (χ4n) is 2.18. The molecule has 0 unspecified atom stereocenters. The standard InChI is InChI=1S/C15H12ClN3O/c16-19-14(20)6-5-13-12(7-8-18-15(13)19)11-3-1-10(9-17)2-4-11/h1-8H,9,17H2. The summed E-state index contributed by atoms with van der Waals surface area (Å²) < 4.78 is 1.03. The Kier molecular flexibility index (Phi) is 3.26. The van der Waals surface area contributed by atoms with E-state index in [4.69, 9.17) is 17.5 Å². The van der Waals surface area contributed by atoms with Crippen molar-refractivity contribution in [3.63, 3.8) is 0 Å². The third-order valence-electron chi connectivity index (χ3n) is 3.24. The molecule has 1 aromatic carbocycles. The maximum Gasteiger partial charge on any atom is 0.266 e. The summed E-state index contributed by atoms with van der Waals surface area (Å²) >= 11 is 5.96. The normalized spacial score (nSPS) is 10.9. The molecule has 2 aromatic heterocycles. The molecule has 3 aromatic rings. The summed E-state index contributed by atoms with van der Waals surface area (Å²) in [5.74, 6) is 0. The number of rotatable bonds is 2. The number of benzene rings is 1. The molecule has 3 rings (SSSR count). The Labute approximate surface area is 120 Å². The van der Waals surface area contributed by atoms with Crippen LogP contribution in [0.2, 0.25) is 0 Å². The van der Waals surface area contributed by atoms with E-state index in [-0.39, 0.29) is 5.56 Å². The second-order valence-electron chi connectivity index (χ2n) is 4.45. The van der Waals surface area contributed by atoms with Gasteiger partial charge >= 0.3 is 0 Å². The smallest absolute Gasteiger partial charge is 0.266 e. The predicted molar refractivity (Wildman–Crippen MR) is 80.6 cm³/mol. The molecule has 0 aliphatic rings. The zero-order valence-corrected chi connectivity index (χ0v) is 11.3. The zero-order chi connectivity index (χ0) is 14.1. The summed E-state index contributed by atoms with van der Waals surface area (Å²) in [6.45, 7) is 0.512. The van der Waals surface area contributed by atoms with Crippen LogP contribution in [0.5, 0.6) is 0 Å². The van der Waals surface area contributed by atoms with Gasteiger partial charge in [-0.2, -0.15) is 4.09 Å². The van der Waals surface area contributed by atoms with Gasteiger partial charge in [-0.05, 0) is 28.8 Å². The van der Waals surface area contributed by atoms with Gasteiger partial charge in [0.2, 0.25) is 0 Å². The third-order valence-corrected chi connectivity index (χ3v) is 3.57. The van der Waals surface area contributed by atoms with E-state index in [1.807, 2.05) is 30.3 Å². The zero-order valence-electron chi connectivity index (χ0n) is 10.6. The lowest BCUT2D eigenvalue weighted by molar-refractivity contribution is 1.07. The summed E-state index contributed by atoms with van der Waals surface area (Å²) in [6.07, 6.45) is 1.65. The first-order chi connectivity index (χ1) is 9.70. The number of hydrogen-bond acceptors (Lipinski definition) is 3. The monoisotopic (exact) mass is 285 g/mol. The number of fused-ring (bicyclic) bond motifs is 1. The van der Waals surface area contributed by atoms with Crippen molar-refractivity contribution in [2.24, 2.45) is 5.73 Å². The fourth-order valence-corrected chi connectivity index (χ4v) is 2.37. The van der Waals surface area contributed by atoms with E-state index in [2.05, 4.69) is 4.98 Å². The van der Waals surface area contributed by atoms with Crippen LogP contribution in [-0.2, 0) is 6.54 Å². The average Bonchev–Trinajstić information content (AvgIpc) is 2.51. The minimum absolute atomic E-state index is 0.290. The lowest BCUT2D eigenvalue weighted by Crippen LogP contribution is -2.12. The molecule has 4 nitrogen and oxygen atoms in total. The van der Waals surface area contributed by atoms with E-state index in [1.54, 1.807) is 12.3 Å². The van der Waals surface area contributed by atoms with Crippen molar-refractivity contribution < 1.29 is 0 Å². The second kappa shape index (κ2) is 5.07. The van der Waals surface area contributed by atoms with Gasteiger partial charge in [0.15, 0.2) is 5.65 Å². The summed E-state index contributed by atoms with van der Waals surface area (Å²) in [6, 6.07) is 13.1. The van der Waals surface area contributed by atoms with Crippen LogP contribution in [0.15, 0.2) is 53.5 Å². The highest BCUT2D eigenvalue weighted by molar-refractivity contribution is 6.18. The largest absolute Gasteiger partial charge is 0.326 e. The highest BCUT2D eigenvalue weighted by atomic mass is 35.5. The van der Waals surface area contributed by atoms with Crippen LogP contribution in [0.1, 0.15) is 5.56 Å². The molecule has 0 atom stereocenters. The molecule has 100 valence electrons. The topological polar surface area (TPSA) is 60.9 Å². The van der Waals surface area contributed by atoms with Gasteiger partial charge in [-0.25, -0.2) is 4.98 Å². The van der Waals surface area contributed by atoms with Crippen molar-refractivity contribution >= 4 is 22.8 Å². The van der Waals surface area contributed by atoms with Crippen LogP contribution < -0.4 is 11.3 Å². The van der Waals surface area contributed by atoms with Gasteiger partial charge in [-0.15, -0.1) is 0 Å². The summed E-state index contributed by atoms with van der Waals surface area (Å²) in [4.78, 5) is 15.7. The van der Waals surface area contributed by atoms with Gasteiger partial charge in [0.1, 0.15) is 0 Å². The molecule has 0 saturated heterocycles. The van der Waals surface area contributed by atoms with Crippen LogP contribution >= 0.6 is 11.8 Å². The number of pyridine rings is 2. The SMILES string of the molecule is NCc1ccc(-c2ccnc3c2ccc(=O)n3Cl)cc1. The van der Waals surface area contributed by atoms with E-state index in [0.29, 0.717) is 12.2 Å². The molecule has 20 heavy (non-hydrogen) atoms. The highest BCUT2D eigenvalue weighted by Gasteiger charge is 2.08. The Morgan fingerprint density at radius 2 is 1.85 bits per heavy atom. The molecular weight excluding hydrogens is 274 g/mol. The average molecular weight is 286 g/mol. The molecule has 2 heterocycles. The van der Waals surface area contributed by atoms with Gasteiger partial charge in [-0.3, -0.25) is 4.79 Å². The third kappa shape index (κ3) is 2.09. The maximum atomic E-state index is 11.5. The number of hydrogen-bond donors (Lipinski definition) is 1. The fraction of sp³-hybridized carbons (Fsp3) is 0.0667. The Balaban J connectivity index is 2.25. The van der Waals surface area contributed by atoms with Crippen LogP contribution in [-0.4, -0.2) is 9.07 Å². The minimum atomic E-state index is -0.290. The van der Waals surface area contributed by atoms with Crippen molar-refractivity contribution in [2.45, 2.75) is 6.54 Å². The summed E-state index contributed by atoms with van der Waals surface area (Å²) in [7, 11) is 0. The molecule has 0 radical (unpaired) electrons. The Morgan fingerprint density at radius 3 is 2.55 bits per heavy atom. The van der Waals surface area contributed by atoms with Crippen molar-refractivity contribution in [2.75, 3.05) is 0 Å². The van der Waals surface area contributed by atoms with E-state index >= 15 is 0 Å². The molecule has 0 fully saturated rings. The van der Waals surface area contributed by atoms with Crippen LogP contribution in [0.25, 0.3) is 22.2 Å². The Hall–Kier alpha value is -2.17. The van der Waals surface area contributed by atoms with Gasteiger partial charge < -0.3 is 5.73 Å². The number of nitrogens with two attached hydrogens (primary N) is 1. The summed E-state index contributed by atoms with van der Waals surface area (Å²) in [5, 5.41) is 0.836. The maximum absolute atomic E-state index is 11.5. The Morgan fingerprint density at radius 1 is 1.10 bits per heavy atom. The first-order valence-electron chi connectivity index (χ1n) is 6.17. The van der Waals surface area contributed by atoms with Crippen molar-refractivity contribution in [1.82, 2.24) is 9.07 Å². The lowest BCUT2D eigenvalue weighted by atomic mass is 10.0. The second-order valence-corrected chi connectivity index (χ2v) is 4.79. The van der Waals surface area contributed by atoms with E-state index in [1.165, 1.54) is 6.07 Å². The molecule has 0 bridgehead atoms. The van der Waals surface area contributed by atoms with Gasteiger partial charge in [0.25, 0.3) is 5.56 Å². The molecule has 0 aliphatic carbocycles. The first-order valence-corrected chi connectivity index (χ1v) is 6.51. The molecule has 5 heteroatoms. The molecule has 0 spiro atoms. The van der Waals surface area contributed by atoms with E-state index in [9.17, 15) is 4.79 Å². The Bertz CT molecular complexity index is 825. The minimum Gasteiger partial charge on any atom is -0.326 e. The van der Waals surface area contributed by atoms with Crippen molar-refractivity contribution in [1.29, 1.82) is 0 Å². The number of nitrogens with zero attached hydrogens (tertiary/aromatic N) is 2. The van der Waals surface area contributed by atoms with Crippen LogP contribution in [0.3, 0.4) is 0 Å². The predicted octanol–water partition coefficient (Wildman–Crippen LogP) is 2.52. The number of aromatic nitrogens is 2. The lowest BCUT2D eigenvalue weighted by Gasteiger charge is -2.08. The molecular formula is C15H12ClN3O. The van der Waals surface area contributed by atoms with Crippen molar-refractivity contribution in [3.05, 3.63) is 64.6 Å². The van der Waals surface area contributed by atoms with Gasteiger partial charge in [0, 0.05) is 36.0 Å².